The fraction of sp³-hybridized carbons (Fsp3) is 0.409. The number of amides is 2. The minimum Gasteiger partial charge on any atom is -0.348 e. The molecule has 0 aliphatic carbocycles. The number of hydrogen-bond donors (Lipinski definition) is 3. The molecule has 8 nitrogen and oxygen atoms in total. The summed E-state index contributed by atoms with van der Waals surface area (Å²) in [5, 5.41) is 8.62. The van der Waals surface area contributed by atoms with Gasteiger partial charge in [-0.15, -0.1) is 11.3 Å². The summed E-state index contributed by atoms with van der Waals surface area (Å²) in [5.74, 6) is 0.359. The maximum atomic E-state index is 12.3. The molecule has 3 aromatic rings. The first-order chi connectivity index (χ1) is 14.6. The largest absolute Gasteiger partial charge is 0.348 e. The van der Waals surface area contributed by atoms with Crippen LogP contribution >= 0.6 is 11.3 Å². The number of H-pyrrole nitrogens is 1. The number of aryl methyl sites for hydroxylation is 1. The van der Waals surface area contributed by atoms with Crippen molar-refractivity contribution in [2.45, 2.75) is 53.0 Å². The highest BCUT2D eigenvalue weighted by atomic mass is 32.1. The highest BCUT2D eigenvalue weighted by Crippen LogP contribution is 2.23. The predicted octanol–water partition coefficient (Wildman–Crippen LogP) is 3.56. The van der Waals surface area contributed by atoms with E-state index < -0.39 is 5.41 Å². The minimum absolute atomic E-state index is 0.106. The zero-order chi connectivity index (χ0) is 22.6. The smallest absolute Gasteiger partial charge is 0.258 e. The van der Waals surface area contributed by atoms with Crippen molar-refractivity contribution in [3.8, 4) is 0 Å². The van der Waals surface area contributed by atoms with Gasteiger partial charge in [0, 0.05) is 23.6 Å². The van der Waals surface area contributed by atoms with E-state index in [0.29, 0.717) is 46.8 Å². The Morgan fingerprint density at radius 3 is 2.68 bits per heavy atom. The van der Waals surface area contributed by atoms with E-state index in [0.717, 1.165) is 0 Å². The van der Waals surface area contributed by atoms with E-state index in [1.54, 1.807) is 18.2 Å². The Kier molecular flexibility index (Phi) is 6.84. The molecule has 3 N–H and O–H groups in total. The zero-order valence-corrected chi connectivity index (χ0v) is 18.9. The third kappa shape index (κ3) is 5.97. The molecule has 0 saturated heterocycles. The quantitative estimate of drug-likeness (QED) is 0.518. The summed E-state index contributed by atoms with van der Waals surface area (Å²) >= 11 is 1.33. The number of nitrogens with one attached hydrogen (secondary N) is 3. The molecule has 1 atom stereocenters. The van der Waals surface area contributed by atoms with Gasteiger partial charge in [0.2, 0.25) is 11.8 Å². The summed E-state index contributed by atoms with van der Waals surface area (Å²) in [6.07, 6.45) is 1.37. The van der Waals surface area contributed by atoms with Gasteiger partial charge in [-0.25, -0.2) is 9.97 Å². The fourth-order valence-electron chi connectivity index (χ4n) is 2.88. The molecule has 1 unspecified atom stereocenters. The average molecular weight is 442 g/mol. The summed E-state index contributed by atoms with van der Waals surface area (Å²) in [4.78, 5) is 48.1. The molecule has 0 aliphatic rings. The Morgan fingerprint density at radius 2 is 1.94 bits per heavy atom. The lowest BCUT2D eigenvalue weighted by Gasteiger charge is -2.16. The highest BCUT2D eigenvalue weighted by Gasteiger charge is 2.22. The predicted molar refractivity (Wildman–Crippen MR) is 122 cm³/mol. The number of benzene rings is 1. The van der Waals surface area contributed by atoms with Crippen molar-refractivity contribution in [3.05, 3.63) is 51.5 Å². The molecule has 2 heterocycles. The molecule has 0 spiro atoms. The Balaban J connectivity index is 1.50. The molecule has 164 valence electrons. The third-order valence-corrected chi connectivity index (χ3v) is 5.50. The van der Waals surface area contributed by atoms with Gasteiger partial charge in [-0.2, -0.15) is 0 Å². The number of carbonyl (C=O) groups excluding carboxylic acids is 2. The highest BCUT2D eigenvalue weighted by molar-refractivity contribution is 7.13. The normalized spacial score (nSPS) is 12.5. The lowest BCUT2D eigenvalue weighted by molar-refractivity contribution is -0.123. The molecule has 0 fully saturated rings. The van der Waals surface area contributed by atoms with Crippen LogP contribution in [0.15, 0.2) is 34.4 Å². The number of nitrogens with zero attached hydrogens (tertiary/aromatic N) is 2. The Bertz CT molecular complexity index is 1150. The minimum atomic E-state index is -0.504. The van der Waals surface area contributed by atoms with Crippen LogP contribution in [-0.2, 0) is 16.0 Å². The van der Waals surface area contributed by atoms with Crippen LogP contribution in [0.2, 0.25) is 0 Å². The number of hydrogen-bond acceptors (Lipinski definition) is 6. The van der Waals surface area contributed by atoms with Crippen LogP contribution in [0, 0.1) is 5.41 Å². The monoisotopic (exact) mass is 441 g/mol. The van der Waals surface area contributed by atoms with Crippen molar-refractivity contribution in [2.75, 3.05) is 5.32 Å². The maximum absolute atomic E-state index is 12.3. The zero-order valence-electron chi connectivity index (χ0n) is 18.1. The molecule has 31 heavy (non-hydrogen) atoms. The van der Waals surface area contributed by atoms with Crippen molar-refractivity contribution in [3.63, 3.8) is 0 Å². The number of thiazole rings is 1. The summed E-state index contributed by atoms with van der Waals surface area (Å²) in [6, 6.07) is 6.90. The molecule has 9 heteroatoms. The Labute approximate surface area is 184 Å². The van der Waals surface area contributed by atoms with Crippen molar-refractivity contribution in [1.29, 1.82) is 0 Å². The first-order valence-corrected chi connectivity index (χ1v) is 11.1. The van der Waals surface area contributed by atoms with E-state index in [1.807, 2.05) is 39.1 Å². The Hall–Kier alpha value is -3.07. The molecule has 2 amide bonds. The number of rotatable bonds is 7. The topological polar surface area (TPSA) is 117 Å². The number of fused-ring (bicyclic) bond motifs is 1. The molecule has 0 saturated carbocycles. The van der Waals surface area contributed by atoms with E-state index in [9.17, 15) is 14.4 Å². The second-order valence-electron chi connectivity index (χ2n) is 8.45. The van der Waals surface area contributed by atoms with Crippen molar-refractivity contribution in [2.24, 2.45) is 5.41 Å². The second kappa shape index (κ2) is 9.38. The van der Waals surface area contributed by atoms with Gasteiger partial charge in [0.05, 0.1) is 22.6 Å². The number of para-hydroxylation sites is 1. The van der Waals surface area contributed by atoms with E-state index in [1.165, 1.54) is 11.3 Å². The van der Waals surface area contributed by atoms with Crippen LogP contribution < -0.4 is 16.2 Å². The lowest BCUT2D eigenvalue weighted by Crippen LogP contribution is -2.28. The van der Waals surface area contributed by atoms with Gasteiger partial charge in [0.25, 0.3) is 5.56 Å². The Morgan fingerprint density at radius 1 is 1.19 bits per heavy atom. The van der Waals surface area contributed by atoms with Gasteiger partial charge >= 0.3 is 0 Å². The molecule has 0 bridgehead atoms. The number of aromatic amines is 1. The van der Waals surface area contributed by atoms with Crippen LogP contribution in [0.5, 0.6) is 0 Å². The molecular formula is C22H27N5O3S. The van der Waals surface area contributed by atoms with Gasteiger partial charge in [-0.05, 0) is 25.5 Å². The van der Waals surface area contributed by atoms with Crippen molar-refractivity contribution >= 4 is 39.2 Å². The fourth-order valence-corrected chi connectivity index (χ4v) is 3.68. The summed E-state index contributed by atoms with van der Waals surface area (Å²) in [7, 11) is 0. The van der Waals surface area contributed by atoms with E-state index in [4.69, 9.17) is 0 Å². The van der Waals surface area contributed by atoms with Gasteiger partial charge in [0.1, 0.15) is 5.82 Å². The van der Waals surface area contributed by atoms with E-state index >= 15 is 0 Å². The molecule has 1 aromatic carbocycles. The van der Waals surface area contributed by atoms with Gasteiger partial charge in [-0.3, -0.25) is 14.4 Å². The molecule has 0 aliphatic heterocycles. The second-order valence-corrected chi connectivity index (χ2v) is 9.31. The van der Waals surface area contributed by atoms with E-state index in [-0.39, 0.29) is 23.4 Å². The first-order valence-electron chi connectivity index (χ1n) is 10.2. The first kappa shape index (κ1) is 22.6. The SMILES string of the molecule is CC(NC(=O)CCCc1nc2ccccc2c(=O)[nH]1)c1csc(NC(=O)C(C)(C)C)n1. The van der Waals surface area contributed by atoms with Gasteiger partial charge in [0.15, 0.2) is 5.13 Å². The summed E-state index contributed by atoms with van der Waals surface area (Å²) < 4.78 is 0. The van der Waals surface area contributed by atoms with Crippen LogP contribution in [0.1, 0.15) is 58.1 Å². The van der Waals surface area contributed by atoms with Crippen LogP contribution in [0.3, 0.4) is 0 Å². The maximum Gasteiger partial charge on any atom is 0.258 e. The number of aromatic nitrogens is 3. The summed E-state index contributed by atoms with van der Waals surface area (Å²) in [6.45, 7) is 7.36. The van der Waals surface area contributed by atoms with Crippen LogP contribution in [0.4, 0.5) is 5.13 Å². The van der Waals surface area contributed by atoms with Crippen molar-refractivity contribution in [1.82, 2.24) is 20.3 Å². The summed E-state index contributed by atoms with van der Waals surface area (Å²) in [5.41, 5.74) is 0.674. The molecular weight excluding hydrogens is 414 g/mol. The van der Waals surface area contributed by atoms with Gasteiger partial charge < -0.3 is 15.6 Å². The molecule has 3 rings (SSSR count). The third-order valence-electron chi connectivity index (χ3n) is 4.72. The standard InChI is InChI=1S/C22H27N5O3S/c1-13(16-12-31-21(25-16)27-20(30)22(2,3)4)23-18(28)11-7-10-17-24-15-9-6-5-8-14(15)19(29)26-17/h5-6,8-9,12-13H,7,10-11H2,1-4H3,(H,23,28)(H,24,26,29)(H,25,27,30). The van der Waals surface area contributed by atoms with Gasteiger partial charge in [-0.1, -0.05) is 32.9 Å². The van der Waals surface area contributed by atoms with E-state index in [2.05, 4.69) is 25.6 Å². The lowest BCUT2D eigenvalue weighted by atomic mass is 9.96. The van der Waals surface area contributed by atoms with Crippen LogP contribution in [0.25, 0.3) is 10.9 Å². The number of carbonyl (C=O) groups is 2. The molecule has 2 aromatic heterocycles. The van der Waals surface area contributed by atoms with Crippen molar-refractivity contribution < 1.29 is 9.59 Å². The molecule has 0 radical (unpaired) electrons. The average Bonchev–Trinajstić information content (AvgIpc) is 3.16. The van der Waals surface area contributed by atoms with Crippen LogP contribution in [-0.4, -0.2) is 26.8 Å². The number of anilines is 1.